The number of aliphatic hydroxyl groups is 1. The first-order chi connectivity index (χ1) is 8.06. The summed E-state index contributed by atoms with van der Waals surface area (Å²) in [4.78, 5) is 17.5. The average Bonchev–Trinajstić information content (AvgIpc) is 2.26. The largest absolute Gasteiger partial charge is 0.396 e. The first kappa shape index (κ1) is 13.1. The van der Waals surface area contributed by atoms with Crippen LogP contribution in [0.1, 0.15) is 13.3 Å². The van der Waals surface area contributed by atoms with E-state index in [0.717, 1.165) is 0 Å². The van der Waals surface area contributed by atoms with E-state index in [4.69, 9.17) is 10.8 Å². The molecule has 1 rings (SSSR count). The zero-order chi connectivity index (χ0) is 12.8. The van der Waals surface area contributed by atoms with Gasteiger partial charge in [-0.05, 0) is 12.3 Å². The molecule has 0 radical (unpaired) electrons. The van der Waals surface area contributed by atoms with Crippen molar-refractivity contribution in [2.24, 2.45) is 5.92 Å². The predicted molar refractivity (Wildman–Crippen MR) is 62.5 cm³/mol. The van der Waals surface area contributed by atoms with Crippen LogP contribution in [-0.4, -0.2) is 33.1 Å². The molecule has 0 aliphatic carbocycles. The molecule has 0 amide bonds. The number of aliphatic hydroxyl groups excluding tert-OH is 1. The van der Waals surface area contributed by atoms with Gasteiger partial charge in [-0.2, -0.15) is 0 Å². The van der Waals surface area contributed by atoms with Gasteiger partial charge >= 0.3 is 5.69 Å². The molecule has 0 aliphatic heterocycles. The second-order valence-corrected chi connectivity index (χ2v) is 3.71. The van der Waals surface area contributed by atoms with Crippen molar-refractivity contribution in [3.63, 3.8) is 0 Å². The molecule has 94 valence electrons. The standard InChI is InChI=1S/C9H15N5O3/c1-6(2-3-15)4-11-9-7(14(16)17)8(10)12-5-13-9/h5-6,15H,2-4H2,1H3,(H3,10,11,12,13). The first-order valence-electron chi connectivity index (χ1n) is 5.15. The molecule has 1 aromatic rings. The van der Waals surface area contributed by atoms with Crippen LogP contribution in [0.4, 0.5) is 17.3 Å². The zero-order valence-electron chi connectivity index (χ0n) is 9.46. The van der Waals surface area contributed by atoms with Gasteiger partial charge in [0, 0.05) is 13.2 Å². The van der Waals surface area contributed by atoms with E-state index in [1.807, 2.05) is 6.92 Å². The molecule has 0 saturated heterocycles. The molecule has 0 aromatic carbocycles. The minimum absolute atomic E-state index is 0.0802. The topological polar surface area (TPSA) is 127 Å². The number of nitro groups is 1. The summed E-state index contributed by atoms with van der Waals surface area (Å²) in [6, 6.07) is 0. The minimum atomic E-state index is -0.617. The van der Waals surface area contributed by atoms with Crippen LogP contribution in [0.2, 0.25) is 0 Å². The molecule has 8 heteroatoms. The van der Waals surface area contributed by atoms with Crippen LogP contribution in [0.3, 0.4) is 0 Å². The normalized spacial score (nSPS) is 12.1. The summed E-state index contributed by atoms with van der Waals surface area (Å²) in [5.41, 5.74) is 5.10. The molecule has 0 saturated carbocycles. The highest BCUT2D eigenvalue weighted by Gasteiger charge is 2.20. The van der Waals surface area contributed by atoms with Crippen molar-refractivity contribution < 1.29 is 10.0 Å². The van der Waals surface area contributed by atoms with Gasteiger partial charge in [-0.3, -0.25) is 10.1 Å². The fourth-order valence-corrected chi connectivity index (χ4v) is 1.30. The second kappa shape index (κ2) is 5.94. The van der Waals surface area contributed by atoms with Gasteiger partial charge in [0.05, 0.1) is 4.92 Å². The summed E-state index contributed by atoms with van der Waals surface area (Å²) in [6.07, 6.45) is 1.78. The van der Waals surface area contributed by atoms with E-state index in [0.29, 0.717) is 13.0 Å². The summed E-state index contributed by atoms with van der Waals surface area (Å²) >= 11 is 0. The summed E-state index contributed by atoms with van der Waals surface area (Å²) < 4.78 is 0. The first-order valence-corrected chi connectivity index (χ1v) is 5.15. The van der Waals surface area contributed by atoms with Crippen LogP contribution < -0.4 is 11.1 Å². The Morgan fingerprint density at radius 3 is 2.94 bits per heavy atom. The highest BCUT2D eigenvalue weighted by atomic mass is 16.6. The van der Waals surface area contributed by atoms with Gasteiger partial charge in [-0.1, -0.05) is 6.92 Å². The number of anilines is 2. The van der Waals surface area contributed by atoms with Crippen molar-refractivity contribution in [3.8, 4) is 0 Å². The third kappa shape index (κ3) is 3.52. The van der Waals surface area contributed by atoms with Crippen LogP contribution in [0.15, 0.2) is 6.33 Å². The molecule has 1 heterocycles. The monoisotopic (exact) mass is 241 g/mol. The van der Waals surface area contributed by atoms with Crippen molar-refractivity contribution in [3.05, 3.63) is 16.4 Å². The van der Waals surface area contributed by atoms with Crippen LogP contribution in [-0.2, 0) is 0 Å². The quantitative estimate of drug-likeness (QED) is 0.485. The summed E-state index contributed by atoms with van der Waals surface area (Å²) in [6.45, 7) is 2.47. The van der Waals surface area contributed by atoms with Crippen molar-refractivity contribution in [1.29, 1.82) is 0 Å². The van der Waals surface area contributed by atoms with Gasteiger partial charge in [0.1, 0.15) is 6.33 Å². The lowest BCUT2D eigenvalue weighted by atomic mass is 10.1. The molecule has 1 atom stereocenters. The third-order valence-electron chi connectivity index (χ3n) is 2.27. The summed E-state index contributed by atoms with van der Waals surface area (Å²) in [5.74, 6) is 0.116. The minimum Gasteiger partial charge on any atom is -0.396 e. The van der Waals surface area contributed by atoms with Gasteiger partial charge in [-0.25, -0.2) is 9.97 Å². The number of hydrogen-bond acceptors (Lipinski definition) is 7. The molecule has 0 aliphatic rings. The Kier molecular flexibility index (Phi) is 4.58. The number of nitrogens with two attached hydrogens (primary N) is 1. The maximum Gasteiger partial charge on any atom is 0.352 e. The Bertz CT molecular complexity index is 398. The van der Waals surface area contributed by atoms with Gasteiger partial charge in [0.15, 0.2) is 0 Å². The Morgan fingerprint density at radius 2 is 2.35 bits per heavy atom. The van der Waals surface area contributed by atoms with E-state index in [1.54, 1.807) is 0 Å². The summed E-state index contributed by atoms with van der Waals surface area (Å²) in [5, 5.41) is 22.4. The molecule has 1 aromatic heterocycles. The Balaban J connectivity index is 2.77. The molecule has 17 heavy (non-hydrogen) atoms. The number of nitrogen functional groups attached to an aromatic ring is 1. The van der Waals surface area contributed by atoms with Crippen molar-refractivity contribution >= 4 is 17.3 Å². The van der Waals surface area contributed by atoms with Crippen LogP contribution in [0.25, 0.3) is 0 Å². The lowest BCUT2D eigenvalue weighted by molar-refractivity contribution is -0.383. The molecule has 4 N–H and O–H groups in total. The highest BCUT2D eigenvalue weighted by Crippen LogP contribution is 2.26. The molecule has 0 bridgehead atoms. The van der Waals surface area contributed by atoms with Gasteiger partial charge in [0.2, 0.25) is 11.6 Å². The molecular weight excluding hydrogens is 226 g/mol. The van der Waals surface area contributed by atoms with E-state index in [1.165, 1.54) is 6.33 Å². The smallest absolute Gasteiger partial charge is 0.352 e. The fourth-order valence-electron chi connectivity index (χ4n) is 1.30. The van der Waals surface area contributed by atoms with Crippen molar-refractivity contribution in [2.45, 2.75) is 13.3 Å². The van der Waals surface area contributed by atoms with E-state index in [-0.39, 0.29) is 29.8 Å². The average molecular weight is 241 g/mol. The molecule has 8 nitrogen and oxygen atoms in total. The number of hydrogen-bond donors (Lipinski definition) is 3. The lowest BCUT2D eigenvalue weighted by Crippen LogP contribution is -2.15. The number of aromatic nitrogens is 2. The maximum absolute atomic E-state index is 10.8. The lowest BCUT2D eigenvalue weighted by Gasteiger charge is -2.11. The van der Waals surface area contributed by atoms with E-state index in [9.17, 15) is 10.1 Å². The number of nitrogens with one attached hydrogen (secondary N) is 1. The van der Waals surface area contributed by atoms with E-state index >= 15 is 0 Å². The fraction of sp³-hybridized carbons (Fsp3) is 0.556. The van der Waals surface area contributed by atoms with Gasteiger partial charge < -0.3 is 16.2 Å². The Morgan fingerprint density at radius 1 is 1.65 bits per heavy atom. The van der Waals surface area contributed by atoms with Crippen LogP contribution >= 0.6 is 0 Å². The molecule has 1 unspecified atom stereocenters. The van der Waals surface area contributed by atoms with Crippen molar-refractivity contribution in [1.82, 2.24) is 9.97 Å². The Labute approximate surface area is 98.0 Å². The molecular formula is C9H15N5O3. The highest BCUT2D eigenvalue weighted by molar-refractivity contribution is 5.67. The Hall–Kier alpha value is -1.96. The number of nitrogens with zero attached hydrogens (tertiary/aromatic N) is 3. The second-order valence-electron chi connectivity index (χ2n) is 3.71. The van der Waals surface area contributed by atoms with Crippen LogP contribution in [0.5, 0.6) is 0 Å². The maximum atomic E-state index is 10.8. The van der Waals surface area contributed by atoms with Gasteiger partial charge in [-0.15, -0.1) is 0 Å². The predicted octanol–water partition coefficient (Wildman–Crippen LogP) is 0.397. The summed E-state index contributed by atoms with van der Waals surface area (Å²) in [7, 11) is 0. The van der Waals surface area contributed by atoms with Gasteiger partial charge in [0.25, 0.3) is 0 Å². The third-order valence-corrected chi connectivity index (χ3v) is 2.27. The number of rotatable bonds is 6. The zero-order valence-corrected chi connectivity index (χ0v) is 9.46. The van der Waals surface area contributed by atoms with E-state index in [2.05, 4.69) is 15.3 Å². The molecule has 0 fully saturated rings. The van der Waals surface area contributed by atoms with Crippen LogP contribution in [0, 0.1) is 16.0 Å². The van der Waals surface area contributed by atoms with Crippen molar-refractivity contribution in [2.75, 3.05) is 24.2 Å². The van der Waals surface area contributed by atoms with E-state index < -0.39 is 4.92 Å². The SMILES string of the molecule is CC(CCO)CNc1ncnc(N)c1[N+](=O)[O-]. The molecule has 0 spiro atoms.